The Morgan fingerprint density at radius 2 is 1.79 bits per heavy atom. The first-order valence-corrected chi connectivity index (χ1v) is 10.1. The molecule has 0 radical (unpaired) electrons. The van der Waals surface area contributed by atoms with Gasteiger partial charge >= 0.3 is 0 Å². The minimum Gasteiger partial charge on any atom is -0.493 e. The third-order valence-electron chi connectivity index (χ3n) is 5.71. The van der Waals surface area contributed by atoms with Crippen LogP contribution in [-0.4, -0.2) is 69.3 Å². The first-order chi connectivity index (χ1) is 14.2. The molecule has 0 saturated carbocycles. The summed E-state index contributed by atoms with van der Waals surface area (Å²) < 4.78 is 10.9. The van der Waals surface area contributed by atoms with Gasteiger partial charge in [0.25, 0.3) is 0 Å². The predicted molar refractivity (Wildman–Crippen MR) is 113 cm³/mol. The maximum atomic E-state index is 13.1. The van der Waals surface area contributed by atoms with Gasteiger partial charge in [0.05, 0.1) is 26.5 Å². The summed E-state index contributed by atoms with van der Waals surface area (Å²) in [6, 6.07) is 9.91. The van der Waals surface area contributed by atoms with Gasteiger partial charge in [0, 0.05) is 45.0 Å². The molecule has 1 amide bonds. The molecule has 1 saturated heterocycles. The van der Waals surface area contributed by atoms with Crippen LogP contribution in [0.4, 0.5) is 11.5 Å². The molecule has 4 rings (SSSR count). The Bertz CT molecular complexity index is 851. The molecule has 3 heterocycles. The van der Waals surface area contributed by atoms with Gasteiger partial charge in [-0.3, -0.25) is 9.69 Å². The van der Waals surface area contributed by atoms with Crippen LogP contribution in [0.25, 0.3) is 0 Å². The summed E-state index contributed by atoms with van der Waals surface area (Å²) in [5.41, 5.74) is 2.09. The number of pyridine rings is 1. The molecule has 2 aliphatic heterocycles. The van der Waals surface area contributed by atoms with Gasteiger partial charge in [0.15, 0.2) is 11.5 Å². The van der Waals surface area contributed by atoms with E-state index in [2.05, 4.69) is 14.8 Å². The summed E-state index contributed by atoms with van der Waals surface area (Å²) >= 11 is 0. The quantitative estimate of drug-likeness (QED) is 0.772. The van der Waals surface area contributed by atoms with E-state index >= 15 is 0 Å². The number of methoxy groups -OCH3 is 2. The third kappa shape index (κ3) is 4.15. The smallest absolute Gasteiger partial charge is 0.241 e. The molecule has 154 valence electrons. The fourth-order valence-corrected chi connectivity index (χ4v) is 4.12. The normalized spacial score (nSPS) is 17.0. The fourth-order valence-electron chi connectivity index (χ4n) is 4.12. The number of carbonyl (C=O) groups is 1. The molecule has 1 aromatic heterocycles. The van der Waals surface area contributed by atoms with Crippen molar-refractivity contribution in [1.82, 2.24) is 9.88 Å². The van der Waals surface area contributed by atoms with Crippen molar-refractivity contribution in [1.29, 1.82) is 0 Å². The number of aryl methyl sites for hydroxylation is 1. The van der Waals surface area contributed by atoms with Crippen LogP contribution < -0.4 is 19.3 Å². The lowest BCUT2D eigenvalue weighted by atomic mass is 10.0. The minimum atomic E-state index is 0.143. The zero-order chi connectivity index (χ0) is 20.2. The number of hydrogen-bond acceptors (Lipinski definition) is 6. The van der Waals surface area contributed by atoms with E-state index in [1.807, 2.05) is 41.4 Å². The van der Waals surface area contributed by atoms with E-state index in [4.69, 9.17) is 9.47 Å². The zero-order valence-electron chi connectivity index (χ0n) is 17.1. The van der Waals surface area contributed by atoms with Crippen LogP contribution in [0.5, 0.6) is 11.5 Å². The topological polar surface area (TPSA) is 58.1 Å². The Kier molecular flexibility index (Phi) is 5.85. The standard InChI is InChI=1S/C22H28N4O3/c1-28-19-14-17-6-5-9-26(18(17)15-20(19)29-2)22(27)16-24-10-12-25(13-11-24)21-7-3-4-8-23-21/h3-4,7-8,14-15H,5-6,9-13,16H2,1-2H3. The van der Waals surface area contributed by atoms with Crippen LogP contribution >= 0.6 is 0 Å². The largest absolute Gasteiger partial charge is 0.493 e. The number of rotatable bonds is 5. The number of fused-ring (bicyclic) bond motifs is 1. The highest BCUT2D eigenvalue weighted by atomic mass is 16.5. The summed E-state index contributed by atoms with van der Waals surface area (Å²) in [6.07, 6.45) is 3.73. The van der Waals surface area contributed by atoms with Crippen LogP contribution in [0.15, 0.2) is 36.5 Å². The highest BCUT2D eigenvalue weighted by Gasteiger charge is 2.27. The molecule has 29 heavy (non-hydrogen) atoms. The summed E-state index contributed by atoms with van der Waals surface area (Å²) in [6.45, 7) is 4.65. The van der Waals surface area contributed by atoms with E-state index in [1.165, 1.54) is 0 Å². The summed E-state index contributed by atoms with van der Waals surface area (Å²) in [4.78, 5) is 24.0. The Balaban J connectivity index is 1.41. The Hall–Kier alpha value is -2.80. The van der Waals surface area contributed by atoms with Crippen LogP contribution in [-0.2, 0) is 11.2 Å². The molecule has 7 nitrogen and oxygen atoms in total. The number of amides is 1. The molecule has 1 fully saturated rings. The summed E-state index contributed by atoms with van der Waals surface area (Å²) in [5, 5.41) is 0. The highest BCUT2D eigenvalue weighted by Crippen LogP contribution is 2.38. The van der Waals surface area contributed by atoms with Gasteiger partial charge in [-0.05, 0) is 36.6 Å². The number of ether oxygens (including phenoxy) is 2. The number of carbonyl (C=O) groups excluding carboxylic acids is 1. The number of nitrogens with zero attached hydrogens (tertiary/aromatic N) is 4. The van der Waals surface area contributed by atoms with Gasteiger partial charge in [-0.15, -0.1) is 0 Å². The molecule has 0 atom stereocenters. The Morgan fingerprint density at radius 3 is 2.48 bits per heavy atom. The molecular formula is C22H28N4O3. The van der Waals surface area contributed by atoms with Crippen molar-refractivity contribution in [3.05, 3.63) is 42.1 Å². The zero-order valence-corrected chi connectivity index (χ0v) is 17.1. The van der Waals surface area contributed by atoms with Crippen LogP contribution in [0.3, 0.4) is 0 Å². The van der Waals surface area contributed by atoms with E-state index in [-0.39, 0.29) is 5.91 Å². The van der Waals surface area contributed by atoms with E-state index in [0.717, 1.165) is 62.6 Å². The number of piperazine rings is 1. The van der Waals surface area contributed by atoms with Crippen molar-refractivity contribution in [3.63, 3.8) is 0 Å². The van der Waals surface area contributed by atoms with Gasteiger partial charge in [-0.1, -0.05) is 6.07 Å². The molecule has 0 unspecified atom stereocenters. The van der Waals surface area contributed by atoms with E-state index in [0.29, 0.717) is 18.0 Å². The van der Waals surface area contributed by atoms with Crippen molar-refractivity contribution in [3.8, 4) is 11.5 Å². The second kappa shape index (κ2) is 8.69. The highest BCUT2D eigenvalue weighted by molar-refractivity contribution is 5.96. The Morgan fingerprint density at radius 1 is 1.03 bits per heavy atom. The SMILES string of the molecule is COc1cc2c(cc1OC)N(C(=O)CN1CCN(c3ccccn3)CC1)CCC2. The summed E-state index contributed by atoms with van der Waals surface area (Å²) in [5.74, 6) is 2.52. The van der Waals surface area contributed by atoms with Gasteiger partial charge < -0.3 is 19.3 Å². The molecule has 0 bridgehead atoms. The van der Waals surface area contributed by atoms with Crippen LogP contribution in [0, 0.1) is 0 Å². The first-order valence-electron chi connectivity index (χ1n) is 10.1. The molecule has 0 aliphatic carbocycles. The van der Waals surface area contributed by atoms with Crippen molar-refractivity contribution in [2.75, 3.05) is 63.3 Å². The molecule has 1 aromatic carbocycles. The van der Waals surface area contributed by atoms with Crippen molar-refractivity contribution in [2.45, 2.75) is 12.8 Å². The average molecular weight is 396 g/mol. The maximum Gasteiger partial charge on any atom is 0.241 e. The van der Waals surface area contributed by atoms with Gasteiger partial charge in [0.2, 0.25) is 5.91 Å². The molecular weight excluding hydrogens is 368 g/mol. The van der Waals surface area contributed by atoms with Crippen LogP contribution in [0.2, 0.25) is 0 Å². The van der Waals surface area contributed by atoms with Gasteiger partial charge in [-0.2, -0.15) is 0 Å². The van der Waals surface area contributed by atoms with E-state index in [1.54, 1.807) is 14.2 Å². The molecule has 2 aromatic rings. The second-order valence-corrected chi connectivity index (χ2v) is 7.44. The lowest BCUT2D eigenvalue weighted by molar-refractivity contribution is -0.119. The number of anilines is 2. The predicted octanol–water partition coefficient (Wildman–Crippen LogP) is 2.20. The third-order valence-corrected chi connectivity index (χ3v) is 5.71. The van der Waals surface area contributed by atoms with Crippen LogP contribution in [0.1, 0.15) is 12.0 Å². The fraction of sp³-hybridized carbons (Fsp3) is 0.455. The van der Waals surface area contributed by atoms with E-state index in [9.17, 15) is 4.79 Å². The lowest BCUT2D eigenvalue weighted by Crippen LogP contribution is -2.51. The number of aromatic nitrogens is 1. The lowest BCUT2D eigenvalue weighted by Gasteiger charge is -2.37. The first kappa shape index (κ1) is 19.5. The van der Waals surface area contributed by atoms with Gasteiger partial charge in [-0.25, -0.2) is 4.98 Å². The monoisotopic (exact) mass is 396 g/mol. The van der Waals surface area contributed by atoms with Gasteiger partial charge in [0.1, 0.15) is 5.82 Å². The molecule has 2 aliphatic rings. The molecule has 7 heteroatoms. The van der Waals surface area contributed by atoms with E-state index < -0.39 is 0 Å². The summed E-state index contributed by atoms with van der Waals surface area (Å²) in [7, 11) is 3.26. The van der Waals surface area contributed by atoms with Crippen molar-refractivity contribution in [2.24, 2.45) is 0 Å². The molecule has 0 N–H and O–H groups in total. The van der Waals surface area contributed by atoms with Crippen molar-refractivity contribution < 1.29 is 14.3 Å². The Labute approximate surface area is 171 Å². The average Bonchev–Trinajstić information content (AvgIpc) is 2.78. The van der Waals surface area contributed by atoms with Crippen molar-refractivity contribution >= 4 is 17.4 Å². The number of hydrogen-bond donors (Lipinski definition) is 0. The molecule has 0 spiro atoms. The maximum absolute atomic E-state index is 13.1. The number of benzene rings is 1. The second-order valence-electron chi connectivity index (χ2n) is 7.44. The minimum absolute atomic E-state index is 0.143.